The van der Waals surface area contributed by atoms with Crippen LogP contribution in [0.25, 0.3) is 0 Å². The summed E-state index contributed by atoms with van der Waals surface area (Å²) in [7, 11) is 5.18. The van der Waals surface area contributed by atoms with Crippen molar-refractivity contribution in [2.24, 2.45) is 23.7 Å². The van der Waals surface area contributed by atoms with Crippen molar-refractivity contribution in [1.29, 1.82) is 0 Å². The molecule has 0 amide bonds. The first-order valence-electron chi connectivity index (χ1n) is 18.5. The van der Waals surface area contributed by atoms with Gasteiger partial charge in [0.25, 0.3) is 0 Å². The molecule has 300 valence electrons. The number of rotatable bonds is 7. The van der Waals surface area contributed by atoms with Crippen LogP contribution in [0.2, 0.25) is 0 Å². The topological polar surface area (TPSA) is 194 Å². The number of aliphatic hydroxyl groups is 5. The van der Waals surface area contributed by atoms with Crippen molar-refractivity contribution in [3.8, 4) is 0 Å². The maximum atomic E-state index is 14.1. The van der Waals surface area contributed by atoms with Gasteiger partial charge in [0.1, 0.15) is 29.7 Å². The number of esters is 1. The Labute approximate surface area is 332 Å². The number of likely N-dealkylation sites (N-methyl/N-ethyl adjacent to an activating group) is 1. The molecule has 52 heavy (non-hydrogen) atoms. The summed E-state index contributed by atoms with van der Waals surface area (Å²) in [6.07, 6.45) is -9.71. The van der Waals surface area contributed by atoms with Crippen molar-refractivity contribution in [2.45, 2.75) is 179 Å². The third-order valence-electron chi connectivity index (χ3n) is 11.8. The Balaban J connectivity index is 0.00000936. The Hall–Kier alpha value is -0.300. The zero-order chi connectivity index (χ0) is 39.0. The van der Waals surface area contributed by atoms with E-state index in [0.29, 0.717) is 6.42 Å². The number of Topliss-reactive ketones (excluding diaryl/α,β-unsaturated/α-hetero) is 1. The summed E-state index contributed by atoms with van der Waals surface area (Å²) < 4.78 is 37.1. The average molecular weight is 758 g/mol. The third-order valence-corrected chi connectivity index (χ3v) is 11.8. The molecule has 0 aromatic rings. The van der Waals surface area contributed by atoms with Gasteiger partial charge in [0.15, 0.2) is 12.6 Å². The van der Waals surface area contributed by atoms with E-state index in [1.54, 1.807) is 41.5 Å². The molecule has 14 nitrogen and oxygen atoms in total. The van der Waals surface area contributed by atoms with Crippen LogP contribution in [-0.4, -0.2) is 177 Å². The monoisotopic (exact) mass is 757 g/mol. The van der Waals surface area contributed by atoms with Gasteiger partial charge in [0.2, 0.25) is 0 Å². The zero-order valence-electron chi connectivity index (χ0n) is 32.9. The fourth-order valence-corrected chi connectivity index (χ4v) is 8.41. The minimum absolute atomic E-state index is 0. The van der Waals surface area contributed by atoms with E-state index < -0.39 is 108 Å². The third kappa shape index (κ3) is 10.4. The zero-order valence-corrected chi connectivity index (χ0v) is 32.9. The van der Waals surface area contributed by atoms with Crippen molar-refractivity contribution in [2.75, 3.05) is 21.2 Å². The molecular formula is C37H68NNaO13. The van der Waals surface area contributed by atoms with Gasteiger partial charge in [-0.05, 0) is 74.9 Å². The summed E-state index contributed by atoms with van der Waals surface area (Å²) in [5, 5.41) is 57.6. The number of carbonyl (C=O) groups excluding carboxylic acids is 2. The number of aliphatic hydroxyl groups excluding tert-OH is 3. The summed E-state index contributed by atoms with van der Waals surface area (Å²) in [5.41, 5.74) is -4.84. The van der Waals surface area contributed by atoms with E-state index in [2.05, 4.69) is 0 Å². The number of ketones is 1. The molecule has 0 spiro atoms. The predicted octanol–water partition coefficient (Wildman–Crippen LogP) is 1.14. The second-order valence-corrected chi connectivity index (χ2v) is 16.5. The van der Waals surface area contributed by atoms with Crippen LogP contribution in [0, 0.1) is 23.7 Å². The molecule has 3 fully saturated rings. The molecule has 18 atom stereocenters. The van der Waals surface area contributed by atoms with Crippen LogP contribution < -0.4 is 0 Å². The Kier molecular flexibility index (Phi) is 17.3. The number of cyclic esters (lactones) is 1. The molecule has 15 heteroatoms. The quantitative estimate of drug-likeness (QED) is 0.183. The number of hydrogen-bond acceptors (Lipinski definition) is 14. The summed E-state index contributed by atoms with van der Waals surface area (Å²) in [6, 6.07) is -0.324. The van der Waals surface area contributed by atoms with E-state index >= 15 is 0 Å². The van der Waals surface area contributed by atoms with Gasteiger partial charge in [0, 0.05) is 37.3 Å². The number of hydrogen-bond donors (Lipinski definition) is 5. The molecule has 0 aromatic heterocycles. The van der Waals surface area contributed by atoms with E-state index in [1.807, 2.05) is 25.9 Å². The van der Waals surface area contributed by atoms with Crippen molar-refractivity contribution < 1.29 is 63.5 Å². The Morgan fingerprint density at radius 3 is 2.02 bits per heavy atom. The van der Waals surface area contributed by atoms with Crippen LogP contribution >= 0.6 is 0 Å². The molecule has 0 radical (unpaired) electrons. The number of methoxy groups -OCH3 is 1. The molecule has 0 aromatic carbocycles. The standard InChI is InChI=1S/C37H67NO13.Na.H/c1-14-25-37(10,45)30(41)20(4)27(39)18(2)16-35(8,44)32(51-34-28(40)24(38(11)12)15-19(3)47-34)21(5)29(22(6)33(43)49-25)50-26-17-36(9,46-13)31(42)23(7)48-26;;/h18-26,28-32,34,40-42,44-45H,14-17H2,1-13H3;;/t18-,19-,20+,21-,22-,23+,24+,25-,26+,28-,29+,30+,31+,32-,34+,35-,36-,37-;;/m1../s1. The normalized spacial score (nSPS) is 48.8. The van der Waals surface area contributed by atoms with Gasteiger partial charge in [0.05, 0.1) is 47.6 Å². The van der Waals surface area contributed by atoms with Crippen LogP contribution in [-0.2, 0) is 38.0 Å². The molecule has 0 saturated carbocycles. The van der Waals surface area contributed by atoms with Gasteiger partial charge in [-0.25, -0.2) is 0 Å². The van der Waals surface area contributed by atoms with Crippen molar-refractivity contribution in [3.05, 3.63) is 0 Å². The Morgan fingerprint density at radius 1 is 0.885 bits per heavy atom. The van der Waals surface area contributed by atoms with Crippen molar-refractivity contribution in [1.82, 2.24) is 4.90 Å². The average Bonchev–Trinajstić information content (AvgIpc) is 3.05. The first-order valence-corrected chi connectivity index (χ1v) is 18.5. The van der Waals surface area contributed by atoms with Crippen LogP contribution in [0.3, 0.4) is 0 Å². The van der Waals surface area contributed by atoms with E-state index in [-0.39, 0.29) is 61.0 Å². The van der Waals surface area contributed by atoms with Gasteiger partial charge in [-0.1, -0.05) is 27.7 Å². The second kappa shape index (κ2) is 18.8. The summed E-state index contributed by atoms with van der Waals surface area (Å²) in [6.45, 7) is 16.3. The summed E-state index contributed by atoms with van der Waals surface area (Å²) in [5.74, 6) is -4.98. The van der Waals surface area contributed by atoms with Crippen LogP contribution in [0.5, 0.6) is 0 Å². The fourth-order valence-electron chi connectivity index (χ4n) is 8.41. The van der Waals surface area contributed by atoms with E-state index in [4.69, 9.17) is 28.4 Å². The Bertz CT molecular complexity index is 1170. The minimum atomic E-state index is -1.99. The van der Waals surface area contributed by atoms with Crippen molar-refractivity contribution >= 4 is 41.3 Å². The molecule has 5 N–H and O–H groups in total. The van der Waals surface area contributed by atoms with E-state index in [1.165, 1.54) is 27.9 Å². The molecule has 3 heterocycles. The molecule has 3 aliphatic heterocycles. The number of ether oxygens (including phenoxy) is 6. The molecule has 3 rings (SSSR count). The molecule has 0 bridgehead atoms. The van der Waals surface area contributed by atoms with Gasteiger partial charge < -0.3 is 58.9 Å². The van der Waals surface area contributed by atoms with Crippen LogP contribution in [0.15, 0.2) is 0 Å². The van der Waals surface area contributed by atoms with Crippen LogP contribution in [0.4, 0.5) is 0 Å². The van der Waals surface area contributed by atoms with E-state index in [9.17, 15) is 35.1 Å². The number of carbonyl (C=O) groups is 2. The predicted molar refractivity (Wildman–Crippen MR) is 193 cm³/mol. The Morgan fingerprint density at radius 2 is 1.48 bits per heavy atom. The first kappa shape index (κ1) is 47.9. The molecule has 3 saturated heterocycles. The summed E-state index contributed by atoms with van der Waals surface area (Å²) in [4.78, 5) is 29.8. The summed E-state index contributed by atoms with van der Waals surface area (Å²) >= 11 is 0. The molecule has 3 aliphatic rings. The van der Waals surface area contributed by atoms with E-state index in [0.717, 1.165) is 0 Å². The fraction of sp³-hybridized carbons (Fsp3) is 0.946. The van der Waals surface area contributed by atoms with Gasteiger partial charge in [-0.2, -0.15) is 0 Å². The SMILES string of the molecule is CC[C@H]1OC(=O)[C@H](C)[C@@H](O[C@H]2C[C@@](C)(OC)[C@@H](O)[C@H](C)O2)[C@@H](C)[C@@H](O[C@@H]2O[C@H](C)C[C@H](N(C)C)[C@H]2O)[C@](C)(O)C[C@@H](C)C(=O)[C@H](C)[C@H](O)[C@]1(C)O.[NaH]. The number of nitrogens with zero attached hydrogens (tertiary/aromatic N) is 1. The maximum absolute atomic E-state index is 14.1. The van der Waals surface area contributed by atoms with Gasteiger partial charge in [-0.3, -0.25) is 9.59 Å². The van der Waals surface area contributed by atoms with Crippen molar-refractivity contribution in [3.63, 3.8) is 0 Å². The molecule has 0 unspecified atom stereocenters. The van der Waals surface area contributed by atoms with Gasteiger partial charge >= 0.3 is 35.5 Å². The second-order valence-electron chi connectivity index (χ2n) is 16.5. The van der Waals surface area contributed by atoms with Gasteiger partial charge in [-0.15, -0.1) is 0 Å². The van der Waals surface area contributed by atoms with Crippen LogP contribution in [0.1, 0.15) is 94.9 Å². The molecular weight excluding hydrogens is 689 g/mol. The first-order chi connectivity index (χ1) is 23.4. The molecule has 0 aliphatic carbocycles.